The lowest BCUT2D eigenvalue weighted by Gasteiger charge is -2.31. The second-order valence-electron chi connectivity index (χ2n) is 6.66. The normalized spacial score (nSPS) is 18.0. The van der Waals surface area contributed by atoms with E-state index in [4.69, 9.17) is 10.00 Å². The second kappa shape index (κ2) is 10.2. The van der Waals surface area contributed by atoms with Crippen molar-refractivity contribution in [3.05, 3.63) is 0 Å². The Balaban J connectivity index is 2.53. The predicted octanol–water partition coefficient (Wildman–Crippen LogP) is 0.589. The molecule has 0 aromatic rings. The summed E-state index contributed by atoms with van der Waals surface area (Å²) in [5.41, 5.74) is -0.873. The Bertz CT molecular complexity index is 476. The Kier molecular flexibility index (Phi) is 8.70. The van der Waals surface area contributed by atoms with Crippen molar-refractivity contribution in [1.82, 2.24) is 15.1 Å². The molecule has 1 heterocycles. The minimum atomic E-state index is -0.873. The van der Waals surface area contributed by atoms with Gasteiger partial charge in [0.2, 0.25) is 5.91 Å². The van der Waals surface area contributed by atoms with E-state index in [1.165, 1.54) is 0 Å². The summed E-state index contributed by atoms with van der Waals surface area (Å²) in [4.78, 5) is 16.6. The van der Waals surface area contributed by atoms with Gasteiger partial charge in [-0.15, -0.1) is 0 Å². The van der Waals surface area contributed by atoms with Crippen LogP contribution in [0.4, 0.5) is 0 Å². The van der Waals surface area contributed by atoms with Crippen molar-refractivity contribution in [3.8, 4) is 12.1 Å². The first-order valence-corrected chi connectivity index (χ1v) is 8.53. The van der Waals surface area contributed by atoms with Crippen molar-refractivity contribution in [2.45, 2.75) is 32.7 Å². The Labute approximate surface area is 145 Å². The summed E-state index contributed by atoms with van der Waals surface area (Å²) in [6.45, 7) is 11.2. The van der Waals surface area contributed by atoms with Gasteiger partial charge in [0.1, 0.15) is 5.54 Å². The van der Waals surface area contributed by atoms with E-state index < -0.39 is 5.54 Å². The first kappa shape index (κ1) is 20.4. The van der Waals surface area contributed by atoms with E-state index in [1.807, 2.05) is 18.7 Å². The molecule has 1 rings (SSSR count). The fraction of sp³-hybridized carbons (Fsp3) is 0.824. The van der Waals surface area contributed by atoms with Crippen LogP contribution in [0.2, 0.25) is 0 Å². The molecule has 1 aliphatic rings. The van der Waals surface area contributed by atoms with E-state index in [-0.39, 0.29) is 18.4 Å². The van der Waals surface area contributed by atoms with Crippen molar-refractivity contribution >= 4 is 5.91 Å². The molecule has 0 radical (unpaired) electrons. The zero-order chi connectivity index (χ0) is 18.0. The highest BCUT2D eigenvalue weighted by atomic mass is 16.5. The quantitative estimate of drug-likeness (QED) is 0.663. The van der Waals surface area contributed by atoms with Gasteiger partial charge in [0, 0.05) is 39.1 Å². The number of carbonyl (C=O) groups excluding carboxylic acids is 1. The van der Waals surface area contributed by atoms with Crippen molar-refractivity contribution in [2.75, 3.05) is 52.5 Å². The minimum absolute atomic E-state index is 0.0207. The smallest absolute Gasteiger partial charge is 0.235 e. The van der Waals surface area contributed by atoms with Gasteiger partial charge in [-0.25, -0.2) is 0 Å². The van der Waals surface area contributed by atoms with Gasteiger partial charge in [-0.2, -0.15) is 10.5 Å². The maximum absolute atomic E-state index is 12.3. The zero-order valence-electron chi connectivity index (χ0n) is 15.0. The molecule has 1 atom stereocenters. The molecule has 1 aliphatic heterocycles. The summed E-state index contributed by atoms with van der Waals surface area (Å²) >= 11 is 0. The van der Waals surface area contributed by atoms with E-state index >= 15 is 0 Å². The summed E-state index contributed by atoms with van der Waals surface area (Å²) in [5.74, 6) is -0.153. The maximum atomic E-state index is 12.3. The molecule has 1 amide bonds. The number of rotatable bonds is 9. The molecule has 0 spiro atoms. The first-order chi connectivity index (χ1) is 11.4. The van der Waals surface area contributed by atoms with Crippen LogP contribution >= 0.6 is 0 Å². The molecule has 1 unspecified atom stereocenters. The number of carbonyl (C=O) groups is 1. The molecule has 0 saturated carbocycles. The average molecular weight is 335 g/mol. The highest BCUT2D eigenvalue weighted by molar-refractivity contribution is 5.79. The lowest BCUT2D eigenvalue weighted by molar-refractivity contribution is -0.124. The number of hydrogen-bond acceptors (Lipinski definition) is 6. The molecular formula is C17H29N5O2. The van der Waals surface area contributed by atoms with E-state index in [0.29, 0.717) is 13.0 Å². The summed E-state index contributed by atoms with van der Waals surface area (Å²) in [6.07, 6.45) is 0.385. The standard InChI is InChI=1S/C17H29N5O2/c1-15(2)17(3,14-19)20-16(23)13-22(6-4-5-18)8-7-21-9-11-24-12-10-21/h15H,4,6-13H2,1-3H3,(H,20,23). The third-order valence-corrected chi connectivity index (χ3v) is 4.53. The van der Waals surface area contributed by atoms with Crippen LogP contribution in [0.5, 0.6) is 0 Å². The molecule has 0 bridgehead atoms. The number of nitrogens with zero attached hydrogens (tertiary/aromatic N) is 4. The highest BCUT2D eigenvalue weighted by Crippen LogP contribution is 2.14. The van der Waals surface area contributed by atoms with Crippen molar-refractivity contribution < 1.29 is 9.53 Å². The van der Waals surface area contributed by atoms with E-state index in [9.17, 15) is 10.1 Å². The van der Waals surface area contributed by atoms with Gasteiger partial charge in [0.15, 0.2) is 0 Å². The number of nitrogens with one attached hydrogen (secondary N) is 1. The van der Waals surface area contributed by atoms with Gasteiger partial charge in [0.05, 0.1) is 31.9 Å². The van der Waals surface area contributed by atoms with Crippen LogP contribution in [0.25, 0.3) is 0 Å². The number of nitriles is 2. The van der Waals surface area contributed by atoms with Gasteiger partial charge in [-0.3, -0.25) is 14.6 Å². The fourth-order valence-corrected chi connectivity index (χ4v) is 2.42. The lowest BCUT2D eigenvalue weighted by Crippen LogP contribution is -2.52. The minimum Gasteiger partial charge on any atom is -0.379 e. The molecule has 0 aliphatic carbocycles. The van der Waals surface area contributed by atoms with Crippen LogP contribution in [0.15, 0.2) is 0 Å². The molecular weight excluding hydrogens is 306 g/mol. The first-order valence-electron chi connectivity index (χ1n) is 8.53. The summed E-state index contributed by atoms with van der Waals surface area (Å²) in [7, 11) is 0. The van der Waals surface area contributed by atoms with Crippen LogP contribution in [-0.2, 0) is 9.53 Å². The van der Waals surface area contributed by atoms with Crippen molar-refractivity contribution in [2.24, 2.45) is 5.92 Å². The van der Waals surface area contributed by atoms with Gasteiger partial charge < -0.3 is 10.1 Å². The summed E-state index contributed by atoms with van der Waals surface area (Å²) < 4.78 is 5.33. The summed E-state index contributed by atoms with van der Waals surface area (Å²) in [6, 6.07) is 4.31. The molecule has 1 saturated heterocycles. The maximum Gasteiger partial charge on any atom is 0.235 e. The van der Waals surface area contributed by atoms with Gasteiger partial charge in [-0.05, 0) is 12.8 Å². The predicted molar refractivity (Wildman–Crippen MR) is 90.9 cm³/mol. The number of ether oxygens (including phenoxy) is 1. The Morgan fingerprint density at radius 1 is 1.33 bits per heavy atom. The molecule has 0 aromatic carbocycles. The third kappa shape index (κ3) is 6.84. The van der Waals surface area contributed by atoms with Gasteiger partial charge in [0.25, 0.3) is 0 Å². The summed E-state index contributed by atoms with van der Waals surface area (Å²) in [5, 5.41) is 21.0. The number of hydrogen-bond donors (Lipinski definition) is 1. The molecule has 0 aromatic heterocycles. The molecule has 134 valence electrons. The fourth-order valence-electron chi connectivity index (χ4n) is 2.42. The molecule has 1 fully saturated rings. The van der Waals surface area contributed by atoms with Crippen LogP contribution in [-0.4, -0.2) is 73.7 Å². The van der Waals surface area contributed by atoms with E-state index in [2.05, 4.69) is 22.4 Å². The largest absolute Gasteiger partial charge is 0.379 e. The molecule has 7 heteroatoms. The van der Waals surface area contributed by atoms with Crippen molar-refractivity contribution in [1.29, 1.82) is 10.5 Å². The van der Waals surface area contributed by atoms with Crippen LogP contribution in [0.1, 0.15) is 27.2 Å². The topological polar surface area (TPSA) is 92.4 Å². The van der Waals surface area contributed by atoms with Crippen LogP contribution in [0, 0.1) is 28.6 Å². The lowest BCUT2D eigenvalue weighted by atomic mass is 9.90. The number of morpholine rings is 1. The van der Waals surface area contributed by atoms with Gasteiger partial charge in [-0.1, -0.05) is 13.8 Å². The van der Waals surface area contributed by atoms with E-state index in [1.54, 1.807) is 6.92 Å². The SMILES string of the molecule is CC(C)C(C)(C#N)NC(=O)CN(CCC#N)CCN1CCOCC1. The molecule has 7 nitrogen and oxygen atoms in total. The average Bonchev–Trinajstić information content (AvgIpc) is 2.57. The number of amides is 1. The van der Waals surface area contributed by atoms with Crippen molar-refractivity contribution in [3.63, 3.8) is 0 Å². The Morgan fingerprint density at radius 2 is 2.00 bits per heavy atom. The van der Waals surface area contributed by atoms with E-state index in [0.717, 1.165) is 39.4 Å². The van der Waals surface area contributed by atoms with Crippen LogP contribution in [0.3, 0.4) is 0 Å². The molecule has 1 N–H and O–H groups in total. The zero-order valence-corrected chi connectivity index (χ0v) is 15.0. The van der Waals surface area contributed by atoms with Crippen LogP contribution < -0.4 is 5.32 Å². The Hall–Kier alpha value is -1.67. The Morgan fingerprint density at radius 3 is 2.54 bits per heavy atom. The molecule has 24 heavy (non-hydrogen) atoms. The monoisotopic (exact) mass is 335 g/mol. The highest BCUT2D eigenvalue weighted by Gasteiger charge is 2.30. The third-order valence-electron chi connectivity index (χ3n) is 4.53. The second-order valence-corrected chi connectivity index (χ2v) is 6.66. The van der Waals surface area contributed by atoms with Gasteiger partial charge >= 0.3 is 0 Å².